The lowest BCUT2D eigenvalue weighted by molar-refractivity contribution is 0.976. The molecule has 16 heavy (non-hydrogen) atoms. The van der Waals surface area contributed by atoms with Gasteiger partial charge in [-0.3, -0.25) is 4.98 Å². The lowest BCUT2D eigenvalue weighted by Gasteiger charge is -2.00. The van der Waals surface area contributed by atoms with Crippen LogP contribution in [0.5, 0.6) is 0 Å². The summed E-state index contributed by atoms with van der Waals surface area (Å²) in [5, 5.41) is 4.28. The van der Waals surface area contributed by atoms with Crippen LogP contribution in [0.15, 0.2) is 24.7 Å². The summed E-state index contributed by atoms with van der Waals surface area (Å²) >= 11 is 1.68. The van der Waals surface area contributed by atoms with Crippen LogP contribution >= 0.6 is 11.3 Å². The van der Waals surface area contributed by atoms with Gasteiger partial charge in [0.25, 0.3) is 0 Å². The van der Waals surface area contributed by atoms with E-state index >= 15 is 0 Å². The fourth-order valence-electron chi connectivity index (χ4n) is 1.43. The average Bonchev–Trinajstić information content (AvgIpc) is 2.75. The summed E-state index contributed by atoms with van der Waals surface area (Å²) in [6.07, 6.45) is 6.73. The third-order valence-corrected chi connectivity index (χ3v) is 3.32. The summed E-state index contributed by atoms with van der Waals surface area (Å²) < 4.78 is 0. The highest BCUT2D eigenvalue weighted by Crippen LogP contribution is 2.30. The smallest absolute Gasteiger partial charge is 0.183 e. The van der Waals surface area contributed by atoms with Crippen molar-refractivity contribution >= 4 is 16.5 Å². The highest BCUT2D eigenvalue weighted by molar-refractivity contribution is 7.18. The Morgan fingerprint density at radius 2 is 2.25 bits per heavy atom. The van der Waals surface area contributed by atoms with E-state index in [1.54, 1.807) is 11.3 Å². The topological polar surface area (TPSA) is 37.8 Å². The number of hydrogen-bond donors (Lipinski definition) is 1. The van der Waals surface area contributed by atoms with Crippen LogP contribution in [-0.4, -0.2) is 16.5 Å². The van der Waals surface area contributed by atoms with Gasteiger partial charge in [-0.1, -0.05) is 18.3 Å². The average molecular weight is 233 g/mol. The minimum atomic E-state index is 0.971. The molecule has 84 valence electrons. The first-order valence-corrected chi connectivity index (χ1v) is 6.23. The molecule has 0 aliphatic carbocycles. The number of thiazole rings is 1. The summed E-state index contributed by atoms with van der Waals surface area (Å²) in [6, 6.07) is 2.02. The number of rotatable bonds is 4. The van der Waals surface area contributed by atoms with E-state index in [4.69, 9.17) is 0 Å². The molecule has 0 aliphatic heterocycles. The Kier molecular flexibility index (Phi) is 3.51. The van der Waals surface area contributed by atoms with Gasteiger partial charge in [0.2, 0.25) is 0 Å². The van der Waals surface area contributed by atoms with Crippen LogP contribution in [0.3, 0.4) is 0 Å². The quantitative estimate of drug-likeness (QED) is 0.880. The van der Waals surface area contributed by atoms with Crippen molar-refractivity contribution < 1.29 is 0 Å². The van der Waals surface area contributed by atoms with Crippen molar-refractivity contribution in [2.24, 2.45) is 0 Å². The molecule has 0 bridgehead atoms. The van der Waals surface area contributed by atoms with Gasteiger partial charge in [-0.2, -0.15) is 0 Å². The van der Waals surface area contributed by atoms with Crippen molar-refractivity contribution in [2.75, 3.05) is 11.9 Å². The first-order chi connectivity index (χ1) is 7.81. The molecule has 0 aromatic carbocycles. The fraction of sp³-hybridized carbons (Fsp3) is 0.333. The first-order valence-electron chi connectivity index (χ1n) is 5.42. The van der Waals surface area contributed by atoms with Gasteiger partial charge in [-0.25, -0.2) is 4.98 Å². The maximum atomic E-state index is 4.35. The Balaban J connectivity index is 2.22. The maximum absolute atomic E-state index is 4.35. The molecule has 0 saturated heterocycles. The predicted molar refractivity (Wildman–Crippen MR) is 68.9 cm³/mol. The summed E-state index contributed by atoms with van der Waals surface area (Å²) in [7, 11) is 0. The van der Waals surface area contributed by atoms with E-state index in [2.05, 4.69) is 29.1 Å². The number of pyridine rings is 1. The maximum Gasteiger partial charge on any atom is 0.183 e. The Hall–Kier alpha value is -1.42. The molecule has 0 unspecified atom stereocenters. The summed E-state index contributed by atoms with van der Waals surface area (Å²) in [5.41, 5.74) is 2.41. The van der Waals surface area contributed by atoms with E-state index in [-0.39, 0.29) is 0 Å². The van der Waals surface area contributed by atoms with Crippen LogP contribution in [0, 0.1) is 6.92 Å². The van der Waals surface area contributed by atoms with Crippen LogP contribution in [-0.2, 0) is 0 Å². The molecular formula is C12H15N3S. The molecule has 4 heteroatoms. The zero-order valence-electron chi connectivity index (χ0n) is 9.53. The monoisotopic (exact) mass is 233 g/mol. The molecule has 0 aliphatic rings. The van der Waals surface area contributed by atoms with E-state index in [1.807, 2.05) is 24.7 Å². The number of nitrogens with one attached hydrogen (secondary N) is 1. The summed E-state index contributed by atoms with van der Waals surface area (Å²) in [5.74, 6) is 0. The molecule has 2 aromatic heterocycles. The van der Waals surface area contributed by atoms with Crippen LogP contribution in [0.1, 0.15) is 18.9 Å². The molecule has 0 spiro atoms. The molecular weight excluding hydrogens is 218 g/mol. The second kappa shape index (κ2) is 5.07. The molecule has 1 N–H and O–H groups in total. The van der Waals surface area contributed by atoms with Crippen LogP contribution in [0.4, 0.5) is 5.13 Å². The Morgan fingerprint density at radius 3 is 3.00 bits per heavy atom. The normalized spacial score (nSPS) is 10.4. The largest absolute Gasteiger partial charge is 0.362 e. The van der Waals surface area contributed by atoms with Gasteiger partial charge in [-0.05, 0) is 25.0 Å². The van der Waals surface area contributed by atoms with Gasteiger partial charge >= 0.3 is 0 Å². The lowest BCUT2D eigenvalue weighted by Crippen LogP contribution is -1.97. The zero-order chi connectivity index (χ0) is 11.4. The van der Waals surface area contributed by atoms with Crippen molar-refractivity contribution in [3.63, 3.8) is 0 Å². The SMILES string of the molecule is CCCNc1ncc(-c2cnccc2C)s1. The Morgan fingerprint density at radius 1 is 1.38 bits per heavy atom. The molecule has 0 amide bonds. The molecule has 0 fully saturated rings. The zero-order valence-corrected chi connectivity index (χ0v) is 10.3. The fourth-order valence-corrected chi connectivity index (χ4v) is 2.35. The minimum absolute atomic E-state index is 0.971. The second-order valence-corrected chi connectivity index (χ2v) is 4.68. The summed E-state index contributed by atoms with van der Waals surface area (Å²) in [6.45, 7) is 5.21. The van der Waals surface area contributed by atoms with Gasteiger partial charge in [-0.15, -0.1) is 0 Å². The number of aromatic nitrogens is 2. The van der Waals surface area contributed by atoms with Crippen molar-refractivity contribution in [1.29, 1.82) is 0 Å². The standard InChI is InChI=1S/C12H15N3S/c1-3-5-14-12-15-8-11(16-12)10-7-13-6-4-9(10)2/h4,6-8H,3,5H2,1-2H3,(H,14,15). The summed E-state index contributed by atoms with van der Waals surface area (Å²) in [4.78, 5) is 9.67. The Bertz CT molecular complexity index is 465. The van der Waals surface area contributed by atoms with Crippen molar-refractivity contribution in [3.05, 3.63) is 30.2 Å². The molecule has 0 radical (unpaired) electrons. The molecule has 2 aromatic rings. The number of nitrogens with zero attached hydrogens (tertiary/aromatic N) is 2. The van der Waals surface area contributed by atoms with Crippen molar-refractivity contribution in [1.82, 2.24) is 9.97 Å². The van der Waals surface area contributed by atoms with E-state index in [0.29, 0.717) is 0 Å². The Labute approximate surface area is 99.6 Å². The van der Waals surface area contributed by atoms with Gasteiger partial charge in [0.05, 0.1) is 4.88 Å². The first kappa shape index (κ1) is 11.1. The van der Waals surface area contributed by atoms with E-state index < -0.39 is 0 Å². The molecule has 0 saturated carbocycles. The third-order valence-electron chi connectivity index (χ3n) is 2.34. The van der Waals surface area contributed by atoms with E-state index in [9.17, 15) is 0 Å². The van der Waals surface area contributed by atoms with Gasteiger partial charge in [0.1, 0.15) is 0 Å². The number of aryl methyl sites for hydroxylation is 1. The van der Waals surface area contributed by atoms with Crippen molar-refractivity contribution in [3.8, 4) is 10.4 Å². The van der Waals surface area contributed by atoms with Gasteiger partial charge in [0, 0.05) is 30.7 Å². The molecule has 3 nitrogen and oxygen atoms in total. The highest BCUT2D eigenvalue weighted by atomic mass is 32.1. The highest BCUT2D eigenvalue weighted by Gasteiger charge is 2.06. The van der Waals surface area contributed by atoms with Crippen molar-refractivity contribution in [2.45, 2.75) is 20.3 Å². The van der Waals surface area contributed by atoms with Gasteiger partial charge in [0.15, 0.2) is 5.13 Å². The third kappa shape index (κ3) is 2.39. The second-order valence-electron chi connectivity index (χ2n) is 3.65. The predicted octanol–water partition coefficient (Wildman–Crippen LogP) is 3.34. The number of anilines is 1. The van der Waals surface area contributed by atoms with Gasteiger partial charge < -0.3 is 5.32 Å². The van der Waals surface area contributed by atoms with Crippen LogP contribution in [0.2, 0.25) is 0 Å². The minimum Gasteiger partial charge on any atom is -0.362 e. The molecule has 2 rings (SSSR count). The van der Waals surface area contributed by atoms with Crippen LogP contribution in [0.25, 0.3) is 10.4 Å². The van der Waals surface area contributed by atoms with E-state index in [0.717, 1.165) is 18.1 Å². The lowest BCUT2D eigenvalue weighted by atomic mass is 10.1. The number of hydrogen-bond acceptors (Lipinski definition) is 4. The molecule has 0 atom stereocenters. The van der Waals surface area contributed by atoms with E-state index in [1.165, 1.54) is 16.0 Å². The van der Waals surface area contributed by atoms with Crippen LogP contribution < -0.4 is 5.32 Å². The molecule has 2 heterocycles.